The lowest BCUT2D eigenvalue weighted by atomic mass is 10.0. The van der Waals surface area contributed by atoms with Crippen molar-refractivity contribution >= 4 is 17.9 Å². The van der Waals surface area contributed by atoms with Crippen LogP contribution in [0.15, 0.2) is 36.5 Å². The average Bonchev–Trinajstić information content (AvgIpc) is 3.36. The van der Waals surface area contributed by atoms with Gasteiger partial charge in [0.2, 0.25) is 0 Å². The highest BCUT2D eigenvalue weighted by molar-refractivity contribution is 5.71. The quantitative estimate of drug-likeness (QED) is 0.0261. The van der Waals surface area contributed by atoms with E-state index < -0.39 is 6.10 Å². The Morgan fingerprint density at radius 2 is 0.514 bits per heavy atom. The zero-order chi connectivity index (χ0) is 50.7. The number of hydrogen-bond acceptors (Lipinski definition) is 6. The number of carbonyl (C=O) groups is 3. The van der Waals surface area contributed by atoms with Crippen LogP contribution in [-0.2, 0) is 28.6 Å². The van der Waals surface area contributed by atoms with Crippen molar-refractivity contribution < 1.29 is 28.6 Å². The Kier molecular flexibility index (Phi) is 57.2. The second-order valence-electron chi connectivity index (χ2n) is 21.0. The van der Waals surface area contributed by atoms with E-state index in [2.05, 4.69) is 57.2 Å². The highest BCUT2D eigenvalue weighted by Crippen LogP contribution is 2.17. The summed E-state index contributed by atoms with van der Waals surface area (Å²) in [7, 11) is 0. The summed E-state index contributed by atoms with van der Waals surface area (Å²) in [5.74, 6) is -0.867. The summed E-state index contributed by atoms with van der Waals surface area (Å²) in [5.41, 5.74) is 0. The van der Waals surface area contributed by atoms with Gasteiger partial charge in [0, 0.05) is 19.3 Å². The Bertz CT molecular complexity index is 1170. The van der Waals surface area contributed by atoms with Gasteiger partial charge in [-0.3, -0.25) is 14.4 Å². The molecule has 1 unspecified atom stereocenters. The van der Waals surface area contributed by atoms with Crippen molar-refractivity contribution in [2.75, 3.05) is 13.2 Å². The third-order valence-corrected chi connectivity index (χ3v) is 13.9. The van der Waals surface area contributed by atoms with Crippen molar-refractivity contribution in [3.63, 3.8) is 0 Å². The molecule has 70 heavy (non-hydrogen) atoms. The van der Waals surface area contributed by atoms with Gasteiger partial charge in [-0.05, 0) is 77.0 Å². The second kappa shape index (κ2) is 59.2. The van der Waals surface area contributed by atoms with Crippen LogP contribution < -0.4 is 0 Å². The molecule has 410 valence electrons. The molecule has 0 spiro atoms. The second-order valence-corrected chi connectivity index (χ2v) is 21.0. The minimum absolute atomic E-state index is 0.0709. The van der Waals surface area contributed by atoms with Crippen molar-refractivity contribution in [1.82, 2.24) is 0 Å². The number of ether oxygens (including phenoxy) is 3. The minimum Gasteiger partial charge on any atom is -0.462 e. The summed E-state index contributed by atoms with van der Waals surface area (Å²) in [4.78, 5) is 38.0. The SMILES string of the molecule is CCCCCC/C=C\CCCCCCCC(=O)OC(COC(=O)CCCCCCCCCC)COC(=O)CCCCCCCCCCCCCCCCCCCCC/C=C\C/C=C\CCCCCCC. The zero-order valence-corrected chi connectivity index (χ0v) is 47.1. The number of carbonyl (C=O) groups excluding carboxylic acids is 3. The van der Waals surface area contributed by atoms with Crippen molar-refractivity contribution in [3.05, 3.63) is 36.5 Å². The molecule has 0 aromatic heterocycles. The predicted octanol–water partition coefficient (Wildman–Crippen LogP) is 20.8. The molecule has 0 aliphatic heterocycles. The van der Waals surface area contributed by atoms with Gasteiger partial charge < -0.3 is 14.2 Å². The fraction of sp³-hybridized carbons (Fsp3) is 0.859. The van der Waals surface area contributed by atoms with E-state index in [-0.39, 0.29) is 31.1 Å². The van der Waals surface area contributed by atoms with Gasteiger partial charge in [0.25, 0.3) is 0 Å². The summed E-state index contributed by atoms with van der Waals surface area (Å²) in [6.45, 7) is 6.61. The molecular formula is C64H118O6. The molecule has 0 amide bonds. The predicted molar refractivity (Wildman–Crippen MR) is 302 cm³/mol. The van der Waals surface area contributed by atoms with E-state index in [1.54, 1.807) is 0 Å². The van der Waals surface area contributed by atoms with E-state index in [9.17, 15) is 14.4 Å². The Morgan fingerprint density at radius 1 is 0.286 bits per heavy atom. The Balaban J connectivity index is 4.00. The fourth-order valence-corrected chi connectivity index (χ4v) is 9.18. The molecule has 1 atom stereocenters. The maximum Gasteiger partial charge on any atom is 0.306 e. The largest absolute Gasteiger partial charge is 0.462 e. The highest BCUT2D eigenvalue weighted by atomic mass is 16.6. The number of esters is 3. The third-order valence-electron chi connectivity index (χ3n) is 13.9. The first-order valence-corrected chi connectivity index (χ1v) is 31.0. The summed E-state index contributed by atoms with van der Waals surface area (Å²) in [6.07, 6.45) is 71.8. The van der Waals surface area contributed by atoms with Crippen molar-refractivity contribution in [3.8, 4) is 0 Å². The smallest absolute Gasteiger partial charge is 0.306 e. The summed E-state index contributed by atoms with van der Waals surface area (Å²) in [6, 6.07) is 0. The van der Waals surface area contributed by atoms with E-state index >= 15 is 0 Å². The van der Waals surface area contributed by atoms with Crippen LogP contribution in [0.4, 0.5) is 0 Å². The molecule has 0 aromatic carbocycles. The molecule has 0 N–H and O–H groups in total. The zero-order valence-electron chi connectivity index (χ0n) is 47.1. The van der Waals surface area contributed by atoms with Crippen LogP contribution in [0.25, 0.3) is 0 Å². The Morgan fingerprint density at radius 3 is 0.814 bits per heavy atom. The van der Waals surface area contributed by atoms with E-state index in [0.29, 0.717) is 19.3 Å². The number of allylic oxidation sites excluding steroid dienone is 6. The lowest BCUT2D eigenvalue weighted by Gasteiger charge is -2.18. The Hall–Kier alpha value is -2.37. The molecular weight excluding hydrogens is 865 g/mol. The maximum absolute atomic E-state index is 12.8. The summed E-state index contributed by atoms with van der Waals surface area (Å²) in [5, 5.41) is 0. The fourth-order valence-electron chi connectivity index (χ4n) is 9.18. The topological polar surface area (TPSA) is 78.9 Å². The van der Waals surface area contributed by atoms with Crippen LogP contribution in [0.1, 0.15) is 335 Å². The number of unbranched alkanes of at least 4 members (excludes halogenated alkanes) is 40. The van der Waals surface area contributed by atoms with E-state index in [4.69, 9.17) is 14.2 Å². The third kappa shape index (κ3) is 56.5. The summed E-state index contributed by atoms with van der Waals surface area (Å²) < 4.78 is 16.8. The molecule has 0 saturated carbocycles. The van der Waals surface area contributed by atoms with Gasteiger partial charge in [-0.15, -0.1) is 0 Å². The van der Waals surface area contributed by atoms with Gasteiger partial charge in [0.05, 0.1) is 0 Å². The molecule has 0 rings (SSSR count). The van der Waals surface area contributed by atoms with E-state index in [1.165, 1.54) is 225 Å². The van der Waals surface area contributed by atoms with Gasteiger partial charge in [0.1, 0.15) is 13.2 Å². The normalized spacial score (nSPS) is 12.2. The van der Waals surface area contributed by atoms with Crippen LogP contribution in [0.3, 0.4) is 0 Å². The van der Waals surface area contributed by atoms with E-state index in [1.807, 2.05) is 0 Å². The van der Waals surface area contributed by atoms with Crippen molar-refractivity contribution in [2.45, 2.75) is 341 Å². The molecule has 0 aliphatic carbocycles. The van der Waals surface area contributed by atoms with Gasteiger partial charge in [-0.2, -0.15) is 0 Å². The van der Waals surface area contributed by atoms with Gasteiger partial charge in [-0.25, -0.2) is 0 Å². The van der Waals surface area contributed by atoms with Crippen LogP contribution in [-0.4, -0.2) is 37.2 Å². The van der Waals surface area contributed by atoms with Gasteiger partial charge in [0.15, 0.2) is 6.10 Å². The minimum atomic E-state index is -0.770. The molecule has 0 heterocycles. The first-order chi connectivity index (χ1) is 34.5. The van der Waals surface area contributed by atoms with Crippen molar-refractivity contribution in [1.29, 1.82) is 0 Å². The van der Waals surface area contributed by atoms with E-state index in [0.717, 1.165) is 70.6 Å². The first kappa shape index (κ1) is 67.6. The standard InChI is InChI=1S/C64H118O6/c1-4-7-10-13-16-19-21-23-24-25-26-27-28-29-30-31-32-33-34-35-36-37-38-39-40-42-43-45-48-51-54-57-63(66)69-60-61(59-68-62(65)56-53-50-47-18-15-12-9-6-3)70-64(67)58-55-52-49-46-44-41-22-20-17-14-11-8-5-2/h20-23,25-26,61H,4-19,24,27-60H2,1-3H3/b22-20-,23-21-,26-25-. The molecule has 6 nitrogen and oxygen atoms in total. The lowest BCUT2D eigenvalue weighted by molar-refractivity contribution is -0.167. The summed E-state index contributed by atoms with van der Waals surface area (Å²) >= 11 is 0. The molecule has 0 radical (unpaired) electrons. The molecule has 0 aliphatic rings. The molecule has 0 saturated heterocycles. The number of rotatable bonds is 57. The maximum atomic E-state index is 12.8. The van der Waals surface area contributed by atoms with Crippen LogP contribution in [0.2, 0.25) is 0 Å². The van der Waals surface area contributed by atoms with Crippen LogP contribution >= 0.6 is 0 Å². The van der Waals surface area contributed by atoms with Crippen LogP contribution in [0, 0.1) is 0 Å². The average molecular weight is 984 g/mol. The molecule has 0 aromatic rings. The number of hydrogen-bond donors (Lipinski definition) is 0. The molecule has 0 fully saturated rings. The molecule has 0 bridgehead atoms. The Labute approximate surface area is 435 Å². The van der Waals surface area contributed by atoms with Crippen LogP contribution in [0.5, 0.6) is 0 Å². The lowest BCUT2D eigenvalue weighted by Crippen LogP contribution is -2.30. The monoisotopic (exact) mass is 983 g/mol. The van der Waals surface area contributed by atoms with Gasteiger partial charge >= 0.3 is 17.9 Å². The van der Waals surface area contributed by atoms with Gasteiger partial charge in [-0.1, -0.05) is 276 Å². The van der Waals surface area contributed by atoms with Crippen molar-refractivity contribution in [2.24, 2.45) is 0 Å². The highest BCUT2D eigenvalue weighted by Gasteiger charge is 2.19. The first-order valence-electron chi connectivity index (χ1n) is 31.0. The molecule has 6 heteroatoms.